The fourth-order valence-electron chi connectivity index (χ4n) is 1.22. The summed E-state index contributed by atoms with van der Waals surface area (Å²) < 4.78 is 0. The number of amides is 2. The van der Waals surface area contributed by atoms with E-state index in [-0.39, 0.29) is 0 Å². The molecule has 0 saturated heterocycles. The van der Waals surface area contributed by atoms with Crippen molar-refractivity contribution in [1.82, 2.24) is 4.90 Å². The summed E-state index contributed by atoms with van der Waals surface area (Å²) in [6.45, 7) is 1.98. The van der Waals surface area contributed by atoms with Crippen LogP contribution in [0.25, 0.3) is 0 Å². The van der Waals surface area contributed by atoms with Crippen LogP contribution in [0.3, 0.4) is 0 Å². The number of hydrogen-bond donors (Lipinski definition) is 1. The maximum Gasteiger partial charge on any atom is 0.255 e. The molecular weight excluding hydrogens is 170 g/mol. The molecule has 13 heavy (non-hydrogen) atoms. The SMILES string of the molecule is CCCCC(O)N1C(=O)C=CC1=O. The molecule has 4 nitrogen and oxygen atoms in total. The highest BCUT2D eigenvalue weighted by atomic mass is 16.3. The Bertz CT molecular complexity index is 229. The number of unbranched alkanes of at least 4 members (excludes halogenated alkanes) is 1. The molecule has 0 fully saturated rings. The van der Waals surface area contributed by atoms with E-state index in [9.17, 15) is 14.7 Å². The van der Waals surface area contributed by atoms with Gasteiger partial charge in [0.1, 0.15) is 6.23 Å². The quantitative estimate of drug-likeness (QED) is 0.642. The van der Waals surface area contributed by atoms with Crippen LogP contribution < -0.4 is 0 Å². The number of carbonyl (C=O) groups is 2. The van der Waals surface area contributed by atoms with Crippen LogP contribution in [0.1, 0.15) is 26.2 Å². The van der Waals surface area contributed by atoms with Gasteiger partial charge in [0.15, 0.2) is 0 Å². The van der Waals surface area contributed by atoms with Gasteiger partial charge in [0.05, 0.1) is 0 Å². The van der Waals surface area contributed by atoms with Crippen molar-refractivity contribution in [3.63, 3.8) is 0 Å². The van der Waals surface area contributed by atoms with Gasteiger partial charge < -0.3 is 5.11 Å². The first-order chi connectivity index (χ1) is 6.16. The number of aliphatic hydroxyl groups excluding tert-OH is 1. The molecule has 0 aromatic carbocycles. The minimum Gasteiger partial charge on any atom is -0.373 e. The van der Waals surface area contributed by atoms with Gasteiger partial charge in [-0.15, -0.1) is 0 Å². The lowest BCUT2D eigenvalue weighted by atomic mass is 10.2. The molecule has 1 aliphatic rings. The highest BCUT2D eigenvalue weighted by Gasteiger charge is 2.28. The molecule has 1 atom stereocenters. The molecule has 0 bridgehead atoms. The first-order valence-electron chi connectivity index (χ1n) is 4.40. The molecule has 4 heteroatoms. The second-order valence-corrected chi connectivity index (χ2v) is 3.00. The zero-order valence-corrected chi connectivity index (χ0v) is 7.56. The van der Waals surface area contributed by atoms with Crippen molar-refractivity contribution >= 4 is 11.8 Å². The molecule has 1 heterocycles. The van der Waals surface area contributed by atoms with E-state index in [1.807, 2.05) is 6.92 Å². The number of rotatable bonds is 4. The monoisotopic (exact) mass is 183 g/mol. The Labute approximate surface area is 76.8 Å². The van der Waals surface area contributed by atoms with Gasteiger partial charge in [-0.05, 0) is 12.8 Å². The van der Waals surface area contributed by atoms with Gasteiger partial charge in [-0.3, -0.25) is 9.59 Å². The normalized spacial score (nSPS) is 18.5. The van der Waals surface area contributed by atoms with Crippen LogP contribution >= 0.6 is 0 Å². The fourth-order valence-corrected chi connectivity index (χ4v) is 1.22. The second kappa shape index (κ2) is 4.18. The summed E-state index contributed by atoms with van der Waals surface area (Å²) in [5.41, 5.74) is 0. The standard InChI is InChI=1S/C9H13NO3/c1-2-3-4-7(11)10-8(12)5-6-9(10)13/h5-7,11H,2-4H2,1H3. The molecule has 1 N–H and O–H groups in total. The number of aliphatic hydroxyl groups is 1. The molecule has 1 unspecified atom stereocenters. The zero-order chi connectivity index (χ0) is 9.84. The number of nitrogens with zero attached hydrogens (tertiary/aromatic N) is 1. The predicted octanol–water partition coefficient (Wildman–Crippen LogP) is 0.420. The largest absolute Gasteiger partial charge is 0.373 e. The highest BCUT2D eigenvalue weighted by molar-refractivity contribution is 6.13. The topological polar surface area (TPSA) is 57.6 Å². The van der Waals surface area contributed by atoms with E-state index < -0.39 is 18.0 Å². The first kappa shape index (κ1) is 9.92. The van der Waals surface area contributed by atoms with Gasteiger partial charge in [-0.2, -0.15) is 0 Å². The zero-order valence-electron chi connectivity index (χ0n) is 7.56. The molecule has 1 aliphatic heterocycles. The Hall–Kier alpha value is -1.16. The third-order valence-electron chi connectivity index (χ3n) is 1.96. The van der Waals surface area contributed by atoms with Crippen molar-refractivity contribution < 1.29 is 14.7 Å². The highest BCUT2D eigenvalue weighted by Crippen LogP contribution is 2.11. The van der Waals surface area contributed by atoms with Gasteiger partial charge in [-0.25, -0.2) is 4.90 Å². The molecule has 0 aromatic heterocycles. The van der Waals surface area contributed by atoms with Crippen LogP contribution in [-0.4, -0.2) is 28.0 Å². The lowest BCUT2D eigenvalue weighted by molar-refractivity contribution is -0.148. The van der Waals surface area contributed by atoms with Gasteiger partial charge in [0.25, 0.3) is 11.8 Å². The van der Waals surface area contributed by atoms with Crippen LogP contribution in [0.15, 0.2) is 12.2 Å². The van der Waals surface area contributed by atoms with E-state index in [2.05, 4.69) is 0 Å². The minimum absolute atomic E-state index is 0.423. The fraction of sp³-hybridized carbons (Fsp3) is 0.556. The molecule has 0 aliphatic carbocycles. The van der Waals surface area contributed by atoms with Crippen molar-refractivity contribution in [1.29, 1.82) is 0 Å². The predicted molar refractivity (Wildman–Crippen MR) is 46.5 cm³/mol. The molecule has 0 saturated carbocycles. The number of carbonyl (C=O) groups excluding carboxylic acids is 2. The van der Waals surface area contributed by atoms with E-state index in [0.717, 1.165) is 17.7 Å². The Balaban J connectivity index is 2.51. The second-order valence-electron chi connectivity index (χ2n) is 3.00. The van der Waals surface area contributed by atoms with Crippen LogP contribution in [0.2, 0.25) is 0 Å². The molecule has 0 spiro atoms. The van der Waals surface area contributed by atoms with Gasteiger partial charge in [0, 0.05) is 12.2 Å². The Kier molecular flexibility index (Phi) is 3.19. The van der Waals surface area contributed by atoms with E-state index in [1.54, 1.807) is 0 Å². The summed E-state index contributed by atoms with van der Waals surface area (Å²) in [6, 6.07) is 0. The van der Waals surface area contributed by atoms with Crippen molar-refractivity contribution in [2.24, 2.45) is 0 Å². The van der Waals surface area contributed by atoms with E-state index in [0.29, 0.717) is 6.42 Å². The van der Waals surface area contributed by atoms with Crippen LogP contribution in [0.5, 0.6) is 0 Å². The number of hydrogen-bond acceptors (Lipinski definition) is 3. The average molecular weight is 183 g/mol. The van der Waals surface area contributed by atoms with Crippen molar-refractivity contribution in [2.75, 3.05) is 0 Å². The summed E-state index contributed by atoms with van der Waals surface area (Å²) in [7, 11) is 0. The summed E-state index contributed by atoms with van der Waals surface area (Å²) in [5, 5.41) is 9.47. The average Bonchev–Trinajstić information content (AvgIpc) is 2.42. The lowest BCUT2D eigenvalue weighted by Crippen LogP contribution is -2.39. The molecule has 0 aromatic rings. The van der Waals surface area contributed by atoms with Crippen molar-refractivity contribution in [3.8, 4) is 0 Å². The molecule has 2 amide bonds. The lowest BCUT2D eigenvalue weighted by Gasteiger charge is -2.20. The summed E-state index contributed by atoms with van der Waals surface area (Å²) in [4.78, 5) is 23.0. The van der Waals surface area contributed by atoms with Crippen LogP contribution in [0.4, 0.5) is 0 Å². The Morgan fingerprint density at radius 3 is 2.38 bits per heavy atom. The Morgan fingerprint density at radius 1 is 1.38 bits per heavy atom. The minimum atomic E-state index is -0.963. The molecule has 0 radical (unpaired) electrons. The van der Waals surface area contributed by atoms with Crippen LogP contribution in [-0.2, 0) is 9.59 Å². The van der Waals surface area contributed by atoms with E-state index in [4.69, 9.17) is 0 Å². The van der Waals surface area contributed by atoms with Gasteiger partial charge in [0.2, 0.25) is 0 Å². The molecule has 1 rings (SSSR count). The third-order valence-corrected chi connectivity index (χ3v) is 1.96. The van der Waals surface area contributed by atoms with Crippen LogP contribution in [0, 0.1) is 0 Å². The maximum absolute atomic E-state index is 11.0. The van der Waals surface area contributed by atoms with Gasteiger partial charge in [-0.1, -0.05) is 13.3 Å². The maximum atomic E-state index is 11.0. The first-order valence-corrected chi connectivity index (χ1v) is 4.40. The smallest absolute Gasteiger partial charge is 0.255 e. The molecule has 72 valence electrons. The van der Waals surface area contributed by atoms with Crippen molar-refractivity contribution in [3.05, 3.63) is 12.2 Å². The summed E-state index contributed by atoms with van der Waals surface area (Å²) >= 11 is 0. The molecular formula is C9H13NO3. The summed E-state index contributed by atoms with van der Waals surface area (Å²) in [6.07, 6.45) is 3.58. The summed E-state index contributed by atoms with van der Waals surface area (Å²) in [5.74, 6) is -0.845. The number of imide groups is 1. The third kappa shape index (κ3) is 2.15. The Morgan fingerprint density at radius 2 is 1.92 bits per heavy atom. The van der Waals surface area contributed by atoms with Crippen molar-refractivity contribution in [2.45, 2.75) is 32.4 Å². The van der Waals surface area contributed by atoms with Gasteiger partial charge >= 0.3 is 0 Å². The van der Waals surface area contributed by atoms with E-state index in [1.165, 1.54) is 12.2 Å². The van der Waals surface area contributed by atoms with E-state index >= 15 is 0 Å².